The van der Waals surface area contributed by atoms with Crippen molar-refractivity contribution in [3.05, 3.63) is 34.6 Å². The van der Waals surface area contributed by atoms with E-state index in [1.54, 1.807) is 17.5 Å². The Bertz CT molecular complexity index is 618. The summed E-state index contributed by atoms with van der Waals surface area (Å²) < 4.78 is 0. The van der Waals surface area contributed by atoms with E-state index in [9.17, 15) is 5.11 Å². The summed E-state index contributed by atoms with van der Waals surface area (Å²) in [4.78, 5) is 9.97. The number of aryl methyl sites for hydroxylation is 1. The molecule has 0 saturated heterocycles. The van der Waals surface area contributed by atoms with Crippen LogP contribution < -0.4 is 0 Å². The smallest absolute Gasteiger partial charge is 0.125 e. The summed E-state index contributed by atoms with van der Waals surface area (Å²) in [6.07, 6.45) is 5.03. The van der Waals surface area contributed by atoms with Gasteiger partial charge in [-0.15, -0.1) is 11.3 Å². The second-order valence-electron chi connectivity index (χ2n) is 6.08. The van der Waals surface area contributed by atoms with Crippen LogP contribution in [0.15, 0.2) is 18.5 Å². The van der Waals surface area contributed by atoms with Crippen molar-refractivity contribution in [1.82, 2.24) is 9.97 Å². The lowest BCUT2D eigenvalue weighted by Gasteiger charge is -2.31. The van der Waals surface area contributed by atoms with Gasteiger partial charge in [-0.2, -0.15) is 0 Å². The van der Waals surface area contributed by atoms with E-state index in [-0.39, 0.29) is 11.5 Å². The molecule has 4 heteroatoms. The fraction of sp³-hybridized carbons (Fsp3) is 0.467. The minimum atomic E-state index is -0.373. The Hall–Kier alpha value is -1.26. The quantitative estimate of drug-likeness (QED) is 0.865. The van der Waals surface area contributed by atoms with Crippen LogP contribution in [-0.4, -0.2) is 15.1 Å². The summed E-state index contributed by atoms with van der Waals surface area (Å²) in [6, 6.07) is 2.00. The molecule has 19 heavy (non-hydrogen) atoms. The van der Waals surface area contributed by atoms with Gasteiger partial charge < -0.3 is 5.11 Å². The predicted molar refractivity (Wildman–Crippen MR) is 77.1 cm³/mol. The maximum absolute atomic E-state index is 10.3. The fourth-order valence-corrected chi connectivity index (χ4v) is 3.84. The van der Waals surface area contributed by atoms with Crippen LogP contribution in [0.25, 0.3) is 10.6 Å². The molecule has 2 aromatic rings. The van der Waals surface area contributed by atoms with Gasteiger partial charge in [0.15, 0.2) is 0 Å². The van der Waals surface area contributed by atoms with Crippen molar-refractivity contribution in [3.8, 4) is 10.6 Å². The molecule has 0 saturated carbocycles. The third-order valence-corrected chi connectivity index (χ3v) is 4.92. The summed E-state index contributed by atoms with van der Waals surface area (Å²) in [5, 5.41) is 11.3. The topological polar surface area (TPSA) is 46.0 Å². The van der Waals surface area contributed by atoms with Crippen LogP contribution >= 0.6 is 11.3 Å². The molecule has 1 aliphatic rings. The summed E-state index contributed by atoms with van der Waals surface area (Å²) in [5.74, 6) is 0. The SMILES string of the molecule is Cc1ccncc1-c1nc2c(s1)C(O)CC(C)(C)C2. The molecule has 0 radical (unpaired) electrons. The molecule has 0 aliphatic heterocycles. The number of rotatable bonds is 1. The van der Waals surface area contributed by atoms with Crippen molar-refractivity contribution < 1.29 is 5.11 Å². The fourth-order valence-electron chi connectivity index (χ4n) is 2.70. The molecule has 1 atom stereocenters. The van der Waals surface area contributed by atoms with Crippen molar-refractivity contribution in [3.63, 3.8) is 0 Å². The highest BCUT2D eigenvalue weighted by atomic mass is 32.1. The average Bonchev–Trinajstić information content (AvgIpc) is 2.71. The van der Waals surface area contributed by atoms with E-state index in [1.165, 1.54) is 5.56 Å². The number of aliphatic hydroxyl groups excluding tert-OH is 1. The Labute approximate surface area is 117 Å². The molecular formula is C15H18N2OS. The minimum absolute atomic E-state index is 0.127. The number of hydrogen-bond donors (Lipinski definition) is 1. The van der Waals surface area contributed by atoms with Gasteiger partial charge in [0.2, 0.25) is 0 Å². The van der Waals surface area contributed by atoms with Gasteiger partial charge in [0.05, 0.1) is 16.7 Å². The Kier molecular flexibility index (Phi) is 2.95. The predicted octanol–water partition coefficient (Wildman–Crippen LogP) is 3.52. The summed E-state index contributed by atoms with van der Waals surface area (Å²) in [6.45, 7) is 6.44. The zero-order chi connectivity index (χ0) is 13.6. The molecule has 0 aromatic carbocycles. The van der Waals surface area contributed by atoms with Crippen LogP contribution in [0.4, 0.5) is 0 Å². The van der Waals surface area contributed by atoms with Crippen LogP contribution in [0.1, 0.15) is 42.5 Å². The molecule has 0 fully saturated rings. The van der Waals surface area contributed by atoms with E-state index in [1.807, 2.05) is 12.3 Å². The van der Waals surface area contributed by atoms with Gasteiger partial charge in [-0.05, 0) is 36.8 Å². The van der Waals surface area contributed by atoms with Gasteiger partial charge in [0.25, 0.3) is 0 Å². The Balaban J connectivity index is 2.07. The first-order valence-electron chi connectivity index (χ1n) is 6.55. The molecule has 1 aliphatic carbocycles. The second kappa shape index (κ2) is 4.39. The highest BCUT2D eigenvalue weighted by molar-refractivity contribution is 7.15. The third kappa shape index (κ3) is 2.30. The summed E-state index contributed by atoms with van der Waals surface area (Å²) in [7, 11) is 0. The minimum Gasteiger partial charge on any atom is -0.387 e. The standard InChI is InChI=1S/C15H18N2OS/c1-9-4-5-16-8-10(9)14-17-11-6-15(2,3)7-12(18)13(11)19-14/h4-5,8,12,18H,6-7H2,1-3H3. The first kappa shape index (κ1) is 12.8. The Morgan fingerprint density at radius 3 is 2.95 bits per heavy atom. The van der Waals surface area contributed by atoms with Gasteiger partial charge in [0.1, 0.15) is 5.01 Å². The average molecular weight is 274 g/mol. The van der Waals surface area contributed by atoms with Crippen LogP contribution in [-0.2, 0) is 6.42 Å². The van der Waals surface area contributed by atoms with E-state index < -0.39 is 0 Å². The number of pyridine rings is 1. The molecule has 0 amide bonds. The molecule has 0 spiro atoms. The molecule has 3 rings (SSSR count). The lowest BCUT2D eigenvalue weighted by molar-refractivity contribution is 0.102. The maximum atomic E-state index is 10.3. The zero-order valence-corrected chi connectivity index (χ0v) is 12.3. The lowest BCUT2D eigenvalue weighted by atomic mass is 9.77. The Morgan fingerprint density at radius 2 is 2.21 bits per heavy atom. The highest BCUT2D eigenvalue weighted by Gasteiger charge is 2.34. The molecule has 0 bridgehead atoms. The van der Waals surface area contributed by atoms with Gasteiger partial charge in [-0.3, -0.25) is 4.98 Å². The summed E-state index contributed by atoms with van der Waals surface area (Å²) in [5.41, 5.74) is 3.44. The van der Waals surface area contributed by atoms with Crippen molar-refractivity contribution in [2.24, 2.45) is 5.41 Å². The van der Waals surface area contributed by atoms with Crippen LogP contribution in [0.3, 0.4) is 0 Å². The number of fused-ring (bicyclic) bond motifs is 1. The zero-order valence-electron chi connectivity index (χ0n) is 11.5. The van der Waals surface area contributed by atoms with Gasteiger partial charge in [-0.25, -0.2) is 4.98 Å². The summed E-state index contributed by atoms with van der Waals surface area (Å²) >= 11 is 1.61. The Morgan fingerprint density at radius 1 is 1.42 bits per heavy atom. The first-order valence-corrected chi connectivity index (χ1v) is 7.36. The number of thiazole rings is 1. The number of hydrogen-bond acceptors (Lipinski definition) is 4. The molecule has 100 valence electrons. The molecule has 2 aromatic heterocycles. The van der Waals surface area contributed by atoms with E-state index in [2.05, 4.69) is 25.8 Å². The normalized spacial score (nSPS) is 21.2. The van der Waals surface area contributed by atoms with E-state index >= 15 is 0 Å². The molecule has 1 unspecified atom stereocenters. The number of aliphatic hydroxyl groups is 1. The first-order chi connectivity index (χ1) is 8.96. The molecular weight excluding hydrogens is 256 g/mol. The van der Waals surface area contributed by atoms with Gasteiger partial charge in [-0.1, -0.05) is 13.8 Å². The van der Waals surface area contributed by atoms with E-state index in [0.29, 0.717) is 0 Å². The largest absolute Gasteiger partial charge is 0.387 e. The van der Waals surface area contributed by atoms with Gasteiger partial charge >= 0.3 is 0 Å². The van der Waals surface area contributed by atoms with E-state index in [4.69, 9.17) is 4.98 Å². The van der Waals surface area contributed by atoms with E-state index in [0.717, 1.165) is 34.0 Å². The van der Waals surface area contributed by atoms with Crippen molar-refractivity contribution in [2.45, 2.75) is 39.7 Å². The van der Waals surface area contributed by atoms with Crippen LogP contribution in [0.5, 0.6) is 0 Å². The molecule has 2 heterocycles. The monoisotopic (exact) mass is 274 g/mol. The second-order valence-corrected chi connectivity index (χ2v) is 7.11. The maximum Gasteiger partial charge on any atom is 0.125 e. The number of nitrogens with zero attached hydrogens (tertiary/aromatic N) is 2. The van der Waals surface area contributed by atoms with Crippen LogP contribution in [0, 0.1) is 12.3 Å². The lowest BCUT2D eigenvalue weighted by Crippen LogP contribution is -2.24. The highest BCUT2D eigenvalue weighted by Crippen LogP contribution is 2.44. The van der Waals surface area contributed by atoms with Crippen molar-refractivity contribution in [1.29, 1.82) is 0 Å². The van der Waals surface area contributed by atoms with Crippen LogP contribution in [0.2, 0.25) is 0 Å². The number of aromatic nitrogens is 2. The molecule has 1 N–H and O–H groups in total. The van der Waals surface area contributed by atoms with Crippen molar-refractivity contribution >= 4 is 11.3 Å². The molecule has 3 nitrogen and oxygen atoms in total. The van der Waals surface area contributed by atoms with Crippen molar-refractivity contribution in [2.75, 3.05) is 0 Å². The van der Waals surface area contributed by atoms with Gasteiger partial charge in [0, 0.05) is 18.0 Å². The third-order valence-electron chi connectivity index (χ3n) is 3.69.